The van der Waals surface area contributed by atoms with Crippen molar-refractivity contribution in [2.24, 2.45) is 0 Å². The van der Waals surface area contributed by atoms with Crippen LogP contribution in [0.25, 0.3) is 10.8 Å². The van der Waals surface area contributed by atoms with Gasteiger partial charge in [-0.2, -0.15) is 0 Å². The molecule has 2 aromatic heterocycles. The first-order valence-electron chi connectivity index (χ1n) is 5.87. The van der Waals surface area contributed by atoms with Crippen molar-refractivity contribution in [3.05, 3.63) is 22.9 Å². The second-order valence-corrected chi connectivity index (χ2v) is 4.74. The van der Waals surface area contributed by atoms with E-state index >= 15 is 0 Å². The van der Waals surface area contributed by atoms with Gasteiger partial charge in [0.05, 0.1) is 10.9 Å². The van der Waals surface area contributed by atoms with Gasteiger partial charge in [0.25, 0.3) is 5.89 Å². The summed E-state index contributed by atoms with van der Waals surface area (Å²) in [6, 6.07) is 2.25. The molecule has 1 N–H and O–H groups in total. The van der Waals surface area contributed by atoms with E-state index in [1.54, 1.807) is 11.3 Å². The maximum Gasteiger partial charge on any atom is 0.258 e. The molecule has 0 spiro atoms. The Hall–Kier alpha value is -1.20. The Morgan fingerprint density at radius 3 is 2.88 bits per heavy atom. The van der Waals surface area contributed by atoms with E-state index in [4.69, 9.17) is 4.42 Å². The molecule has 2 heterocycles. The molecular weight excluding hydrogens is 234 g/mol. The third-order valence-corrected chi connectivity index (χ3v) is 3.76. The highest BCUT2D eigenvalue weighted by Gasteiger charge is 2.17. The lowest BCUT2D eigenvalue weighted by Gasteiger charge is -2.07. The van der Waals surface area contributed by atoms with Gasteiger partial charge in [-0.25, -0.2) is 0 Å². The molecule has 0 aliphatic carbocycles. The van der Waals surface area contributed by atoms with Gasteiger partial charge in [0.1, 0.15) is 0 Å². The molecule has 5 heteroatoms. The van der Waals surface area contributed by atoms with E-state index < -0.39 is 0 Å². The third-order valence-electron chi connectivity index (χ3n) is 2.82. The molecule has 0 radical (unpaired) electrons. The van der Waals surface area contributed by atoms with Crippen molar-refractivity contribution in [2.45, 2.75) is 32.7 Å². The number of hydrogen-bond acceptors (Lipinski definition) is 5. The van der Waals surface area contributed by atoms with Crippen molar-refractivity contribution in [3.8, 4) is 10.8 Å². The number of hydrogen-bond donors (Lipinski definition) is 1. The van der Waals surface area contributed by atoms with Crippen LogP contribution in [-0.4, -0.2) is 17.2 Å². The summed E-state index contributed by atoms with van der Waals surface area (Å²) in [5, 5.41) is 13.5. The topological polar surface area (TPSA) is 51.0 Å². The van der Waals surface area contributed by atoms with E-state index in [0.717, 1.165) is 17.7 Å². The van der Waals surface area contributed by atoms with Gasteiger partial charge in [-0.15, -0.1) is 21.5 Å². The van der Waals surface area contributed by atoms with E-state index in [1.165, 1.54) is 5.56 Å². The lowest BCUT2D eigenvalue weighted by molar-refractivity contribution is 0.415. The number of rotatable bonds is 5. The zero-order valence-corrected chi connectivity index (χ0v) is 11.2. The molecule has 0 aliphatic heterocycles. The van der Waals surface area contributed by atoms with Crippen molar-refractivity contribution < 1.29 is 4.42 Å². The molecule has 0 bridgehead atoms. The molecule has 17 heavy (non-hydrogen) atoms. The second-order valence-electron chi connectivity index (χ2n) is 3.82. The summed E-state index contributed by atoms with van der Waals surface area (Å²) in [4.78, 5) is 1.09. The lowest BCUT2D eigenvalue weighted by Crippen LogP contribution is -2.15. The molecule has 92 valence electrons. The summed E-state index contributed by atoms with van der Waals surface area (Å²) in [7, 11) is 1.90. The van der Waals surface area contributed by atoms with Crippen molar-refractivity contribution in [3.63, 3.8) is 0 Å². The van der Waals surface area contributed by atoms with Crippen LogP contribution in [0.4, 0.5) is 0 Å². The zero-order valence-electron chi connectivity index (χ0n) is 10.4. The number of nitrogens with zero attached hydrogens (tertiary/aromatic N) is 2. The van der Waals surface area contributed by atoms with E-state index in [1.807, 2.05) is 7.05 Å². The summed E-state index contributed by atoms with van der Waals surface area (Å²) < 4.78 is 5.74. The molecule has 2 aromatic rings. The fourth-order valence-corrected chi connectivity index (χ4v) is 2.69. The Morgan fingerprint density at radius 2 is 2.24 bits per heavy atom. The lowest BCUT2D eigenvalue weighted by atomic mass is 10.2. The van der Waals surface area contributed by atoms with Gasteiger partial charge in [-0.1, -0.05) is 13.8 Å². The van der Waals surface area contributed by atoms with Crippen LogP contribution in [0, 0.1) is 0 Å². The SMILES string of the molecule is CCc1ccsc1-c1nnc(C(CC)NC)o1. The van der Waals surface area contributed by atoms with Gasteiger partial charge in [-0.05, 0) is 36.9 Å². The predicted octanol–water partition coefficient (Wildman–Crippen LogP) is 3.03. The maximum absolute atomic E-state index is 5.74. The zero-order chi connectivity index (χ0) is 12.3. The van der Waals surface area contributed by atoms with Gasteiger partial charge < -0.3 is 9.73 Å². The number of nitrogens with one attached hydrogen (secondary N) is 1. The highest BCUT2D eigenvalue weighted by molar-refractivity contribution is 7.13. The first-order valence-corrected chi connectivity index (χ1v) is 6.75. The molecule has 1 atom stereocenters. The highest BCUT2D eigenvalue weighted by Crippen LogP contribution is 2.30. The summed E-state index contributed by atoms with van der Waals surface area (Å²) in [5.74, 6) is 1.31. The normalized spacial score (nSPS) is 12.9. The molecule has 4 nitrogen and oxygen atoms in total. The first kappa shape index (κ1) is 12.3. The van der Waals surface area contributed by atoms with Gasteiger partial charge in [0, 0.05) is 0 Å². The molecule has 0 amide bonds. The van der Waals surface area contributed by atoms with Crippen molar-refractivity contribution in [2.75, 3.05) is 7.05 Å². The molecule has 0 aliphatic rings. The summed E-state index contributed by atoms with van der Waals surface area (Å²) in [6.45, 7) is 4.22. The highest BCUT2D eigenvalue weighted by atomic mass is 32.1. The predicted molar refractivity (Wildman–Crippen MR) is 69.1 cm³/mol. The van der Waals surface area contributed by atoms with Crippen LogP contribution in [-0.2, 0) is 6.42 Å². The average molecular weight is 251 g/mol. The van der Waals surface area contributed by atoms with Crippen LogP contribution in [0.15, 0.2) is 15.9 Å². The van der Waals surface area contributed by atoms with E-state index in [0.29, 0.717) is 11.8 Å². The molecule has 0 saturated heterocycles. The largest absolute Gasteiger partial charge is 0.418 e. The van der Waals surface area contributed by atoms with Gasteiger partial charge in [-0.3, -0.25) is 0 Å². The average Bonchev–Trinajstić information content (AvgIpc) is 2.98. The van der Waals surface area contributed by atoms with Gasteiger partial charge >= 0.3 is 0 Å². The summed E-state index contributed by atoms with van der Waals surface area (Å²) in [6.07, 6.45) is 1.92. The summed E-state index contributed by atoms with van der Waals surface area (Å²) in [5.41, 5.74) is 1.27. The van der Waals surface area contributed by atoms with Crippen LogP contribution in [0.1, 0.15) is 37.8 Å². The van der Waals surface area contributed by atoms with E-state index in [-0.39, 0.29) is 6.04 Å². The second kappa shape index (κ2) is 5.42. The van der Waals surface area contributed by atoms with Crippen LogP contribution < -0.4 is 5.32 Å². The minimum Gasteiger partial charge on any atom is -0.418 e. The van der Waals surface area contributed by atoms with Crippen LogP contribution in [0.5, 0.6) is 0 Å². The Bertz CT molecular complexity index is 474. The fraction of sp³-hybridized carbons (Fsp3) is 0.500. The Morgan fingerprint density at radius 1 is 1.41 bits per heavy atom. The van der Waals surface area contributed by atoms with Gasteiger partial charge in [0.15, 0.2) is 0 Å². The molecule has 0 aromatic carbocycles. The Labute approximate surface area is 105 Å². The van der Waals surface area contributed by atoms with Crippen LogP contribution >= 0.6 is 11.3 Å². The number of aryl methyl sites for hydroxylation is 1. The molecule has 0 fully saturated rings. The van der Waals surface area contributed by atoms with Crippen LogP contribution in [0.2, 0.25) is 0 Å². The number of aromatic nitrogens is 2. The van der Waals surface area contributed by atoms with Crippen molar-refractivity contribution in [1.82, 2.24) is 15.5 Å². The van der Waals surface area contributed by atoms with E-state index in [2.05, 4.69) is 40.8 Å². The molecular formula is C12H17N3OS. The maximum atomic E-state index is 5.74. The number of thiophene rings is 1. The van der Waals surface area contributed by atoms with Crippen LogP contribution in [0.3, 0.4) is 0 Å². The van der Waals surface area contributed by atoms with E-state index in [9.17, 15) is 0 Å². The Balaban J connectivity index is 2.29. The quantitative estimate of drug-likeness (QED) is 0.887. The van der Waals surface area contributed by atoms with Crippen molar-refractivity contribution >= 4 is 11.3 Å². The minimum absolute atomic E-state index is 0.140. The Kier molecular flexibility index (Phi) is 3.91. The molecule has 1 unspecified atom stereocenters. The third kappa shape index (κ3) is 2.40. The van der Waals surface area contributed by atoms with Crippen molar-refractivity contribution in [1.29, 1.82) is 0 Å². The smallest absolute Gasteiger partial charge is 0.258 e. The van der Waals surface area contributed by atoms with Gasteiger partial charge in [0.2, 0.25) is 5.89 Å². The minimum atomic E-state index is 0.140. The molecule has 2 rings (SSSR count). The monoisotopic (exact) mass is 251 g/mol. The first-order chi connectivity index (χ1) is 8.30. The summed E-state index contributed by atoms with van der Waals surface area (Å²) >= 11 is 1.65. The fourth-order valence-electron chi connectivity index (χ4n) is 1.77. The molecule has 0 saturated carbocycles. The standard InChI is InChI=1S/C12H17N3OS/c1-4-8-6-7-17-10(8)12-15-14-11(16-12)9(5-2)13-3/h6-7,9,13H,4-5H2,1-3H3.